The van der Waals surface area contributed by atoms with Crippen LogP contribution in [-0.2, 0) is 0 Å². The highest BCUT2D eigenvalue weighted by Crippen LogP contribution is 2.37. The summed E-state index contributed by atoms with van der Waals surface area (Å²) in [4.78, 5) is 3.55. The van der Waals surface area contributed by atoms with Gasteiger partial charge in [0.1, 0.15) is 6.07 Å². The van der Waals surface area contributed by atoms with Crippen LogP contribution in [0.1, 0.15) is 17.7 Å². The maximum Gasteiger partial charge on any atom is 0.269 e. The molecule has 0 aliphatic heterocycles. The summed E-state index contributed by atoms with van der Waals surface area (Å²) in [6.07, 6.45) is -1.82. The standard InChI is InChI=1S/C9H8F2N2O2/c1-14-7-5(9(10)11)4-13-6(3-12)8(7)15-2/h4,9H,1-2H3. The number of alkyl halides is 2. The molecule has 4 nitrogen and oxygen atoms in total. The average molecular weight is 214 g/mol. The molecule has 1 heterocycles. The van der Waals surface area contributed by atoms with Gasteiger partial charge in [-0.3, -0.25) is 0 Å². The van der Waals surface area contributed by atoms with Crippen molar-refractivity contribution in [3.05, 3.63) is 17.5 Å². The largest absolute Gasteiger partial charge is 0.492 e. The van der Waals surface area contributed by atoms with Crippen molar-refractivity contribution >= 4 is 0 Å². The molecule has 0 radical (unpaired) electrons. The predicted molar refractivity (Wildman–Crippen MR) is 47.0 cm³/mol. The highest BCUT2D eigenvalue weighted by atomic mass is 19.3. The minimum Gasteiger partial charge on any atom is -0.492 e. The van der Waals surface area contributed by atoms with Crippen LogP contribution in [0.3, 0.4) is 0 Å². The average Bonchev–Trinajstić information content (AvgIpc) is 2.26. The van der Waals surface area contributed by atoms with Gasteiger partial charge < -0.3 is 9.47 Å². The summed E-state index contributed by atoms with van der Waals surface area (Å²) in [6, 6.07) is 1.73. The molecule has 0 amide bonds. The molecule has 0 unspecified atom stereocenters. The summed E-state index contributed by atoms with van der Waals surface area (Å²) in [5.74, 6) is -0.225. The number of aromatic nitrogens is 1. The molecular weight excluding hydrogens is 206 g/mol. The molecule has 1 rings (SSSR count). The summed E-state index contributed by atoms with van der Waals surface area (Å²) >= 11 is 0. The van der Waals surface area contributed by atoms with Crippen molar-refractivity contribution in [1.82, 2.24) is 4.98 Å². The number of nitriles is 1. The number of pyridine rings is 1. The normalized spacial score (nSPS) is 9.87. The van der Waals surface area contributed by atoms with Crippen LogP contribution in [0.25, 0.3) is 0 Å². The van der Waals surface area contributed by atoms with Crippen molar-refractivity contribution in [3.63, 3.8) is 0 Å². The zero-order chi connectivity index (χ0) is 11.4. The first kappa shape index (κ1) is 11.2. The molecule has 0 spiro atoms. The van der Waals surface area contributed by atoms with E-state index in [2.05, 4.69) is 4.98 Å². The molecule has 0 bridgehead atoms. The van der Waals surface area contributed by atoms with Crippen molar-refractivity contribution < 1.29 is 18.3 Å². The number of rotatable bonds is 3. The Morgan fingerprint density at radius 2 is 1.93 bits per heavy atom. The Bertz CT molecular complexity index is 402. The molecule has 0 saturated heterocycles. The summed E-state index contributed by atoms with van der Waals surface area (Å²) in [6.45, 7) is 0. The van der Waals surface area contributed by atoms with Crippen molar-refractivity contribution in [2.45, 2.75) is 6.43 Å². The topological polar surface area (TPSA) is 55.1 Å². The van der Waals surface area contributed by atoms with Crippen molar-refractivity contribution in [2.75, 3.05) is 14.2 Å². The monoisotopic (exact) mass is 214 g/mol. The van der Waals surface area contributed by atoms with Gasteiger partial charge in [-0.25, -0.2) is 13.8 Å². The first-order valence-corrected chi connectivity index (χ1v) is 3.94. The lowest BCUT2D eigenvalue weighted by atomic mass is 10.2. The number of hydrogen-bond donors (Lipinski definition) is 0. The van der Waals surface area contributed by atoms with E-state index in [0.717, 1.165) is 6.20 Å². The number of halogens is 2. The van der Waals surface area contributed by atoms with E-state index in [-0.39, 0.29) is 17.2 Å². The fraction of sp³-hybridized carbons (Fsp3) is 0.333. The Morgan fingerprint density at radius 1 is 1.33 bits per heavy atom. The number of nitrogens with zero attached hydrogens (tertiary/aromatic N) is 2. The molecule has 0 aromatic carbocycles. The van der Waals surface area contributed by atoms with Gasteiger partial charge >= 0.3 is 0 Å². The lowest BCUT2D eigenvalue weighted by Gasteiger charge is -2.12. The Morgan fingerprint density at radius 3 is 2.33 bits per heavy atom. The van der Waals surface area contributed by atoms with E-state index in [1.807, 2.05) is 0 Å². The van der Waals surface area contributed by atoms with E-state index >= 15 is 0 Å². The lowest BCUT2D eigenvalue weighted by molar-refractivity contribution is 0.145. The van der Waals surface area contributed by atoms with E-state index in [9.17, 15) is 8.78 Å². The van der Waals surface area contributed by atoms with Crippen LogP contribution in [0.5, 0.6) is 11.5 Å². The van der Waals surface area contributed by atoms with Crippen molar-refractivity contribution in [2.24, 2.45) is 0 Å². The smallest absolute Gasteiger partial charge is 0.269 e. The molecule has 15 heavy (non-hydrogen) atoms. The second-order valence-corrected chi connectivity index (χ2v) is 2.54. The molecule has 0 aliphatic rings. The fourth-order valence-electron chi connectivity index (χ4n) is 1.12. The maximum absolute atomic E-state index is 12.5. The van der Waals surface area contributed by atoms with E-state index < -0.39 is 12.0 Å². The summed E-state index contributed by atoms with van der Waals surface area (Å²) in [7, 11) is 2.49. The third kappa shape index (κ3) is 1.96. The Labute approximate surface area is 85.1 Å². The van der Waals surface area contributed by atoms with E-state index in [1.165, 1.54) is 14.2 Å². The highest BCUT2D eigenvalue weighted by Gasteiger charge is 2.21. The van der Waals surface area contributed by atoms with Crippen molar-refractivity contribution in [3.8, 4) is 17.6 Å². The zero-order valence-electron chi connectivity index (χ0n) is 8.12. The van der Waals surface area contributed by atoms with Gasteiger partial charge in [0.05, 0.1) is 19.8 Å². The second kappa shape index (κ2) is 4.55. The first-order valence-electron chi connectivity index (χ1n) is 3.94. The van der Waals surface area contributed by atoms with Gasteiger partial charge in [-0.05, 0) is 0 Å². The lowest BCUT2D eigenvalue weighted by Crippen LogP contribution is -2.01. The van der Waals surface area contributed by atoms with Crippen molar-refractivity contribution in [1.29, 1.82) is 5.26 Å². The van der Waals surface area contributed by atoms with Gasteiger partial charge in [0.2, 0.25) is 0 Å². The maximum atomic E-state index is 12.5. The molecule has 6 heteroatoms. The van der Waals surface area contributed by atoms with E-state index in [1.54, 1.807) is 6.07 Å². The van der Waals surface area contributed by atoms with Gasteiger partial charge in [0.15, 0.2) is 17.2 Å². The van der Waals surface area contributed by atoms with Crippen LogP contribution >= 0.6 is 0 Å². The van der Waals surface area contributed by atoms with Gasteiger partial charge in [0, 0.05) is 6.20 Å². The molecule has 0 fully saturated rings. The molecule has 80 valence electrons. The highest BCUT2D eigenvalue weighted by molar-refractivity contribution is 5.52. The van der Waals surface area contributed by atoms with Crippen LogP contribution in [0.15, 0.2) is 6.20 Å². The van der Waals surface area contributed by atoms with Crippen LogP contribution < -0.4 is 9.47 Å². The third-order valence-electron chi connectivity index (χ3n) is 1.77. The Hall–Kier alpha value is -1.90. The molecule has 0 N–H and O–H groups in total. The summed E-state index contributed by atoms with van der Waals surface area (Å²) in [5.41, 5.74) is -0.480. The second-order valence-electron chi connectivity index (χ2n) is 2.54. The quantitative estimate of drug-likeness (QED) is 0.771. The zero-order valence-corrected chi connectivity index (χ0v) is 8.12. The molecule has 1 aromatic heterocycles. The van der Waals surface area contributed by atoms with Gasteiger partial charge in [-0.1, -0.05) is 0 Å². The Balaban J connectivity index is 3.42. The molecular formula is C9H8F2N2O2. The van der Waals surface area contributed by atoms with Crippen LogP contribution in [-0.4, -0.2) is 19.2 Å². The van der Waals surface area contributed by atoms with Gasteiger partial charge in [-0.15, -0.1) is 0 Å². The van der Waals surface area contributed by atoms with Crippen LogP contribution in [0.4, 0.5) is 8.78 Å². The van der Waals surface area contributed by atoms with Gasteiger partial charge in [0.25, 0.3) is 6.43 Å². The van der Waals surface area contributed by atoms with E-state index in [4.69, 9.17) is 14.7 Å². The predicted octanol–water partition coefficient (Wildman–Crippen LogP) is 1.91. The molecule has 1 aromatic rings. The summed E-state index contributed by atoms with van der Waals surface area (Å²) in [5, 5.41) is 8.66. The molecule has 0 saturated carbocycles. The van der Waals surface area contributed by atoms with Crippen LogP contribution in [0.2, 0.25) is 0 Å². The minimum absolute atomic E-state index is 0.0715. The Kier molecular flexibility index (Phi) is 3.39. The minimum atomic E-state index is -2.73. The molecule has 0 aliphatic carbocycles. The number of methoxy groups -OCH3 is 2. The SMILES string of the molecule is COc1c(C(F)F)cnc(C#N)c1OC. The fourth-order valence-corrected chi connectivity index (χ4v) is 1.12. The third-order valence-corrected chi connectivity index (χ3v) is 1.77. The summed E-state index contributed by atoms with van der Waals surface area (Å²) < 4.78 is 34.6. The number of hydrogen-bond acceptors (Lipinski definition) is 4. The first-order chi connectivity index (χ1) is 7.15. The van der Waals surface area contributed by atoms with Gasteiger partial charge in [-0.2, -0.15) is 5.26 Å². The molecule has 0 atom stereocenters. The van der Waals surface area contributed by atoms with E-state index in [0.29, 0.717) is 0 Å². The number of ether oxygens (including phenoxy) is 2. The van der Waals surface area contributed by atoms with Crippen LogP contribution in [0, 0.1) is 11.3 Å².